The van der Waals surface area contributed by atoms with E-state index in [-0.39, 0.29) is 40.4 Å². The largest absolute Gasteiger partial charge is 0.497 e. The molecule has 2 amide bonds. The van der Waals surface area contributed by atoms with Gasteiger partial charge in [-0.1, -0.05) is 50.8 Å². The van der Waals surface area contributed by atoms with Crippen LogP contribution in [0.25, 0.3) is 0 Å². The zero-order valence-electron chi connectivity index (χ0n) is 29.3. The molecular weight excluding hydrogens is 695 g/mol. The van der Waals surface area contributed by atoms with Crippen LogP contribution in [0.5, 0.6) is 17.4 Å². The number of hydrogen-bond acceptors (Lipinski definition) is 8. The number of alkyl halides is 3. The van der Waals surface area contributed by atoms with Gasteiger partial charge in [-0.15, -0.1) is 0 Å². The van der Waals surface area contributed by atoms with Crippen molar-refractivity contribution >= 4 is 29.4 Å². The van der Waals surface area contributed by atoms with Gasteiger partial charge in [-0.2, -0.15) is 13.2 Å². The fraction of sp³-hybridized carbons (Fsp3) is 0.308. The number of methoxy groups -OCH3 is 1. The number of rotatable bonds is 18. The third-order valence-electron chi connectivity index (χ3n) is 7.98. The predicted octanol–water partition coefficient (Wildman–Crippen LogP) is 7.59. The van der Waals surface area contributed by atoms with Crippen molar-refractivity contribution in [3.63, 3.8) is 0 Å². The van der Waals surface area contributed by atoms with Crippen molar-refractivity contribution in [1.29, 1.82) is 0 Å². The second kappa shape index (κ2) is 19.1. The lowest BCUT2D eigenvalue weighted by atomic mass is 10.0. The van der Waals surface area contributed by atoms with Crippen molar-refractivity contribution < 1.29 is 51.7 Å². The Hall–Kier alpha value is -5.92. The van der Waals surface area contributed by atoms with Crippen LogP contribution in [0.4, 0.5) is 18.9 Å². The molecule has 0 spiro atoms. The summed E-state index contributed by atoms with van der Waals surface area (Å²) in [6.07, 6.45) is 1.63. The first kappa shape index (κ1) is 39.9. The number of esters is 1. The zero-order chi connectivity index (χ0) is 38.4. The Morgan fingerprint density at radius 3 is 2.15 bits per heavy atom. The van der Waals surface area contributed by atoms with Crippen molar-refractivity contribution in [2.75, 3.05) is 25.6 Å². The fourth-order valence-electron chi connectivity index (χ4n) is 5.24. The first-order chi connectivity index (χ1) is 25.4. The first-order valence-corrected chi connectivity index (χ1v) is 16.9. The number of halogens is 3. The molecule has 0 saturated carbocycles. The number of carboxylic acid groups (broad SMARTS) is 1. The molecule has 3 aromatic carbocycles. The molecule has 0 aliphatic carbocycles. The van der Waals surface area contributed by atoms with Gasteiger partial charge in [0.1, 0.15) is 18.0 Å². The van der Waals surface area contributed by atoms with Crippen molar-refractivity contribution in [3.8, 4) is 17.4 Å². The molecule has 4 rings (SSSR count). The van der Waals surface area contributed by atoms with Crippen LogP contribution in [0.15, 0.2) is 85.1 Å². The monoisotopic (exact) mass is 735 g/mol. The van der Waals surface area contributed by atoms with Crippen LogP contribution in [0.2, 0.25) is 0 Å². The van der Waals surface area contributed by atoms with E-state index in [9.17, 15) is 37.5 Å². The van der Waals surface area contributed by atoms with Gasteiger partial charge in [-0.3, -0.25) is 14.4 Å². The summed E-state index contributed by atoms with van der Waals surface area (Å²) in [5.74, 6) is -2.58. The number of aliphatic carboxylic acids is 1. The molecule has 0 saturated heterocycles. The molecule has 0 bridgehead atoms. The number of ether oxygens (including phenoxy) is 3. The van der Waals surface area contributed by atoms with E-state index in [2.05, 4.69) is 17.2 Å². The second-order valence-corrected chi connectivity index (χ2v) is 12.1. The summed E-state index contributed by atoms with van der Waals surface area (Å²) in [4.78, 5) is 55.5. The Morgan fingerprint density at radius 1 is 0.849 bits per heavy atom. The number of anilines is 1. The van der Waals surface area contributed by atoms with Gasteiger partial charge in [-0.25, -0.2) is 9.78 Å². The molecule has 14 heteroatoms. The van der Waals surface area contributed by atoms with E-state index >= 15 is 0 Å². The molecule has 1 heterocycles. The number of nitrogens with one attached hydrogen (secondary N) is 1. The minimum Gasteiger partial charge on any atom is -0.497 e. The molecule has 53 heavy (non-hydrogen) atoms. The average Bonchev–Trinajstić information content (AvgIpc) is 3.13. The highest BCUT2D eigenvalue weighted by Gasteiger charge is 2.34. The lowest BCUT2D eigenvalue weighted by Gasteiger charge is -2.21. The summed E-state index contributed by atoms with van der Waals surface area (Å²) in [5.41, 5.74) is -0.124. The number of carbonyl (C=O) groups is 4. The Morgan fingerprint density at radius 2 is 1.53 bits per heavy atom. The van der Waals surface area contributed by atoms with Crippen LogP contribution >= 0.6 is 0 Å². The van der Waals surface area contributed by atoms with E-state index in [4.69, 9.17) is 14.2 Å². The highest BCUT2D eigenvalue weighted by molar-refractivity contribution is 5.97. The van der Waals surface area contributed by atoms with Gasteiger partial charge in [0.2, 0.25) is 11.8 Å². The third-order valence-corrected chi connectivity index (χ3v) is 7.98. The number of benzene rings is 3. The lowest BCUT2D eigenvalue weighted by Crippen LogP contribution is -2.35. The molecule has 0 unspecified atom stereocenters. The lowest BCUT2D eigenvalue weighted by molar-refractivity contribution is -0.139. The topological polar surface area (TPSA) is 144 Å². The van der Waals surface area contributed by atoms with E-state index in [0.717, 1.165) is 30.2 Å². The van der Waals surface area contributed by atoms with Gasteiger partial charge in [-0.05, 0) is 72.1 Å². The summed E-state index contributed by atoms with van der Waals surface area (Å²) >= 11 is 0. The number of aromatic nitrogens is 1. The average molecular weight is 736 g/mol. The maximum atomic E-state index is 13.5. The number of hydrogen-bond donors (Lipinski definition) is 2. The van der Waals surface area contributed by atoms with Crippen LogP contribution in [0, 0.1) is 0 Å². The van der Waals surface area contributed by atoms with Gasteiger partial charge in [0.25, 0.3) is 5.91 Å². The van der Waals surface area contributed by atoms with Crippen molar-refractivity contribution in [3.05, 3.63) is 113 Å². The molecule has 0 radical (unpaired) electrons. The third kappa shape index (κ3) is 12.4. The normalized spacial score (nSPS) is 11.0. The molecular formula is C39H40F3N3O8. The van der Waals surface area contributed by atoms with Gasteiger partial charge < -0.3 is 29.5 Å². The molecule has 2 N–H and O–H groups in total. The Labute approximate surface area is 304 Å². The van der Waals surface area contributed by atoms with Crippen LogP contribution in [0.1, 0.15) is 76.4 Å². The molecule has 1 aromatic heterocycles. The van der Waals surface area contributed by atoms with Crippen molar-refractivity contribution in [1.82, 2.24) is 9.88 Å². The molecule has 0 aliphatic rings. The Bertz CT molecular complexity index is 1850. The smallest absolute Gasteiger partial charge is 0.416 e. The Balaban J connectivity index is 1.32. The van der Waals surface area contributed by atoms with E-state index in [0.29, 0.717) is 18.1 Å². The summed E-state index contributed by atoms with van der Waals surface area (Å²) in [5, 5.41) is 12.0. The van der Waals surface area contributed by atoms with E-state index in [1.54, 1.807) is 24.3 Å². The highest BCUT2D eigenvalue weighted by Crippen LogP contribution is 2.35. The van der Waals surface area contributed by atoms with Crippen molar-refractivity contribution in [2.45, 2.75) is 58.2 Å². The summed E-state index contributed by atoms with van der Waals surface area (Å²) in [7, 11) is 1.24. The number of carbonyl (C=O) groups excluding carboxylic acids is 3. The predicted molar refractivity (Wildman–Crippen MR) is 189 cm³/mol. The molecule has 0 aliphatic heterocycles. The molecule has 0 atom stereocenters. The van der Waals surface area contributed by atoms with Crippen LogP contribution < -0.4 is 19.5 Å². The summed E-state index contributed by atoms with van der Waals surface area (Å²) < 4.78 is 56.6. The Kier molecular flexibility index (Phi) is 14.3. The molecule has 280 valence electrons. The summed E-state index contributed by atoms with van der Waals surface area (Å²) in [6.45, 7) is 1.98. The molecule has 11 nitrogen and oxygen atoms in total. The number of pyridine rings is 1. The second-order valence-electron chi connectivity index (χ2n) is 12.1. The van der Waals surface area contributed by atoms with Crippen LogP contribution in [-0.4, -0.2) is 59.0 Å². The molecule has 4 aromatic rings. The maximum Gasteiger partial charge on any atom is 0.416 e. The van der Waals surface area contributed by atoms with Crippen LogP contribution in [-0.2, 0) is 28.7 Å². The minimum atomic E-state index is -4.70. The van der Waals surface area contributed by atoms with Crippen LogP contribution in [0.3, 0.4) is 0 Å². The minimum absolute atomic E-state index is 0.00134. The first-order valence-electron chi connectivity index (χ1n) is 16.9. The summed E-state index contributed by atoms with van der Waals surface area (Å²) in [6, 6.07) is 18.2. The standard InChI is InChI=1S/C39H40F3N3O8/c1-3-4-5-6-7-20-52-35-19-13-29(23-43-35)38(50)53-31-16-8-26(9-17-31)24-45(25-36(47)48)37(49)27-10-14-30(15-11-27)44-34(46)21-28-12-18-32(51-2)22-33(28)39(40,41)42/h8-19,22-23H,3-7,20-21,24-25H2,1-2H3,(H,44,46)(H,47,48). The highest BCUT2D eigenvalue weighted by atomic mass is 19.4. The zero-order valence-corrected chi connectivity index (χ0v) is 29.3. The number of nitrogens with zero attached hydrogens (tertiary/aromatic N) is 2. The van der Waals surface area contributed by atoms with Crippen molar-refractivity contribution in [2.24, 2.45) is 0 Å². The number of amides is 2. The molecule has 0 fully saturated rings. The number of unbranched alkanes of at least 4 members (excludes halogenated alkanes) is 4. The van der Waals surface area contributed by atoms with Gasteiger partial charge >= 0.3 is 18.1 Å². The fourth-order valence-corrected chi connectivity index (χ4v) is 5.24. The quantitative estimate of drug-likeness (QED) is 0.0600. The van der Waals surface area contributed by atoms with E-state index < -0.39 is 48.5 Å². The van der Waals surface area contributed by atoms with Gasteiger partial charge in [0.15, 0.2) is 0 Å². The maximum absolute atomic E-state index is 13.5. The van der Waals surface area contributed by atoms with Gasteiger partial charge in [0.05, 0.1) is 31.3 Å². The van der Waals surface area contributed by atoms with E-state index in [1.165, 1.54) is 74.7 Å². The van der Waals surface area contributed by atoms with E-state index in [1.807, 2.05) is 0 Å². The number of carboxylic acids is 1. The SMILES string of the molecule is CCCCCCCOc1ccc(C(=O)Oc2ccc(CN(CC(=O)O)C(=O)c3ccc(NC(=O)Cc4ccc(OC)cc4C(F)(F)F)cc3)cc2)cn1. The van der Waals surface area contributed by atoms with Gasteiger partial charge in [0, 0.05) is 30.1 Å².